The van der Waals surface area contributed by atoms with Gasteiger partial charge in [-0.1, -0.05) is 19.3 Å². The number of nitrogens with one attached hydrogen (secondary N) is 1. The second-order valence-electron chi connectivity index (χ2n) is 5.53. The molecular weight excluding hydrogens is 308 g/mol. The zero-order valence-electron chi connectivity index (χ0n) is 11.0. The molecule has 0 bridgehead atoms. The standard InChI is InChI=1S/C14H19BrN2O2/c15-12-11(4-9-19-12)13(18)17-8-7-16-10-14(17)5-2-1-3-6-14/h4,9,16H,1-3,5-8,10H2. The van der Waals surface area contributed by atoms with Gasteiger partial charge in [0.15, 0.2) is 4.67 Å². The van der Waals surface area contributed by atoms with Crippen molar-refractivity contribution >= 4 is 21.8 Å². The normalized spacial score (nSPS) is 22.7. The fraction of sp³-hybridized carbons (Fsp3) is 0.643. The van der Waals surface area contributed by atoms with Gasteiger partial charge in [0, 0.05) is 19.6 Å². The molecule has 1 aromatic heterocycles. The number of carbonyl (C=O) groups excluding carboxylic acids is 1. The molecule has 2 heterocycles. The molecule has 0 unspecified atom stereocenters. The topological polar surface area (TPSA) is 45.5 Å². The van der Waals surface area contributed by atoms with Gasteiger partial charge in [-0.3, -0.25) is 4.79 Å². The SMILES string of the molecule is O=C(c1ccoc1Br)N1CCNCC12CCCCC2. The summed E-state index contributed by atoms with van der Waals surface area (Å²) >= 11 is 3.32. The van der Waals surface area contributed by atoms with Crippen LogP contribution in [0.15, 0.2) is 21.4 Å². The predicted octanol–water partition coefficient (Wildman–Crippen LogP) is 2.79. The van der Waals surface area contributed by atoms with Crippen LogP contribution in [0.3, 0.4) is 0 Å². The van der Waals surface area contributed by atoms with Crippen LogP contribution in [0.4, 0.5) is 0 Å². The predicted molar refractivity (Wildman–Crippen MR) is 76.1 cm³/mol. The quantitative estimate of drug-likeness (QED) is 0.863. The summed E-state index contributed by atoms with van der Waals surface area (Å²) in [5.74, 6) is 0.101. The Kier molecular flexibility index (Phi) is 3.67. The smallest absolute Gasteiger partial charge is 0.258 e. The summed E-state index contributed by atoms with van der Waals surface area (Å²) in [6, 6.07) is 1.75. The molecule has 1 amide bonds. The third-order valence-corrected chi connectivity index (χ3v) is 5.03. The Morgan fingerprint density at radius 3 is 2.84 bits per heavy atom. The molecule has 1 saturated heterocycles. The molecule has 1 aromatic rings. The van der Waals surface area contributed by atoms with Gasteiger partial charge in [0.25, 0.3) is 5.91 Å². The Bertz CT molecular complexity index is 458. The molecule has 0 aromatic carbocycles. The Balaban J connectivity index is 1.88. The number of rotatable bonds is 1. The number of hydrogen-bond donors (Lipinski definition) is 1. The molecule has 1 saturated carbocycles. The van der Waals surface area contributed by atoms with Gasteiger partial charge in [0.05, 0.1) is 17.4 Å². The van der Waals surface area contributed by atoms with Crippen LogP contribution in [0.25, 0.3) is 0 Å². The average Bonchev–Trinajstić information content (AvgIpc) is 2.86. The molecule has 1 spiro atoms. The van der Waals surface area contributed by atoms with E-state index in [0.29, 0.717) is 10.2 Å². The van der Waals surface area contributed by atoms with E-state index in [1.807, 2.05) is 0 Å². The number of halogens is 1. The minimum Gasteiger partial charge on any atom is -0.457 e. The van der Waals surface area contributed by atoms with Crippen molar-refractivity contribution in [3.8, 4) is 0 Å². The first-order valence-electron chi connectivity index (χ1n) is 6.99. The Labute approximate surface area is 121 Å². The second-order valence-corrected chi connectivity index (χ2v) is 6.25. The van der Waals surface area contributed by atoms with Gasteiger partial charge in [-0.15, -0.1) is 0 Å². The minimum atomic E-state index is 0.0181. The van der Waals surface area contributed by atoms with E-state index in [1.54, 1.807) is 12.3 Å². The lowest BCUT2D eigenvalue weighted by Gasteiger charge is -2.49. The highest BCUT2D eigenvalue weighted by Crippen LogP contribution is 2.36. The van der Waals surface area contributed by atoms with Crippen molar-refractivity contribution in [2.24, 2.45) is 0 Å². The third-order valence-electron chi connectivity index (χ3n) is 4.42. The molecule has 0 atom stereocenters. The van der Waals surface area contributed by atoms with E-state index >= 15 is 0 Å². The van der Waals surface area contributed by atoms with Crippen LogP contribution in [0, 0.1) is 0 Å². The van der Waals surface area contributed by atoms with Crippen molar-refractivity contribution in [3.05, 3.63) is 22.6 Å². The van der Waals surface area contributed by atoms with Crippen LogP contribution in [0.2, 0.25) is 0 Å². The van der Waals surface area contributed by atoms with Crippen LogP contribution in [0.5, 0.6) is 0 Å². The summed E-state index contributed by atoms with van der Waals surface area (Å²) < 4.78 is 5.75. The zero-order chi connectivity index (χ0) is 13.3. The van der Waals surface area contributed by atoms with Gasteiger partial charge in [-0.25, -0.2) is 0 Å². The molecule has 5 heteroatoms. The van der Waals surface area contributed by atoms with Crippen molar-refractivity contribution in [2.75, 3.05) is 19.6 Å². The van der Waals surface area contributed by atoms with Crippen molar-refractivity contribution in [3.63, 3.8) is 0 Å². The average molecular weight is 327 g/mol. The number of furan rings is 1. The summed E-state index contributed by atoms with van der Waals surface area (Å²) in [6.07, 6.45) is 7.52. The molecule has 4 nitrogen and oxygen atoms in total. The number of piperazine rings is 1. The highest BCUT2D eigenvalue weighted by Gasteiger charge is 2.42. The van der Waals surface area contributed by atoms with E-state index in [-0.39, 0.29) is 11.4 Å². The maximum atomic E-state index is 12.8. The molecule has 104 valence electrons. The van der Waals surface area contributed by atoms with Gasteiger partial charge in [0.1, 0.15) is 0 Å². The molecule has 1 N–H and O–H groups in total. The van der Waals surface area contributed by atoms with Gasteiger partial charge >= 0.3 is 0 Å². The lowest BCUT2D eigenvalue weighted by molar-refractivity contribution is 0.0221. The van der Waals surface area contributed by atoms with Gasteiger partial charge in [-0.05, 0) is 34.8 Å². The number of amides is 1. The summed E-state index contributed by atoms with van der Waals surface area (Å²) in [7, 11) is 0. The van der Waals surface area contributed by atoms with Crippen molar-refractivity contribution < 1.29 is 9.21 Å². The van der Waals surface area contributed by atoms with Crippen molar-refractivity contribution in [1.29, 1.82) is 0 Å². The molecule has 1 aliphatic heterocycles. The van der Waals surface area contributed by atoms with E-state index in [4.69, 9.17) is 4.42 Å². The Morgan fingerprint density at radius 1 is 1.37 bits per heavy atom. The Morgan fingerprint density at radius 2 is 2.16 bits per heavy atom. The van der Waals surface area contributed by atoms with Crippen molar-refractivity contribution in [1.82, 2.24) is 10.2 Å². The van der Waals surface area contributed by atoms with Crippen LogP contribution in [0.1, 0.15) is 42.5 Å². The Hall–Kier alpha value is -0.810. The molecule has 19 heavy (non-hydrogen) atoms. The first kappa shape index (κ1) is 13.2. The zero-order valence-corrected chi connectivity index (χ0v) is 12.5. The van der Waals surface area contributed by atoms with Crippen LogP contribution in [-0.4, -0.2) is 36.0 Å². The monoisotopic (exact) mass is 326 g/mol. The maximum Gasteiger partial charge on any atom is 0.258 e. The fourth-order valence-corrected chi connectivity index (χ4v) is 3.82. The second kappa shape index (κ2) is 5.29. The van der Waals surface area contributed by atoms with E-state index in [9.17, 15) is 4.79 Å². The first-order valence-corrected chi connectivity index (χ1v) is 7.78. The lowest BCUT2D eigenvalue weighted by Crippen LogP contribution is -2.63. The van der Waals surface area contributed by atoms with E-state index in [2.05, 4.69) is 26.1 Å². The van der Waals surface area contributed by atoms with Crippen LogP contribution in [-0.2, 0) is 0 Å². The molecule has 1 aliphatic carbocycles. The van der Waals surface area contributed by atoms with E-state index in [1.165, 1.54) is 19.3 Å². The number of nitrogens with zero attached hydrogens (tertiary/aromatic N) is 1. The number of carbonyl (C=O) groups is 1. The van der Waals surface area contributed by atoms with Crippen LogP contribution < -0.4 is 5.32 Å². The highest BCUT2D eigenvalue weighted by atomic mass is 79.9. The summed E-state index contributed by atoms with van der Waals surface area (Å²) in [4.78, 5) is 14.8. The summed E-state index contributed by atoms with van der Waals surface area (Å²) in [5.41, 5.74) is 0.663. The van der Waals surface area contributed by atoms with Gasteiger partial charge in [-0.2, -0.15) is 0 Å². The molecule has 2 fully saturated rings. The molecule has 3 rings (SSSR count). The van der Waals surface area contributed by atoms with E-state index in [0.717, 1.165) is 32.5 Å². The van der Waals surface area contributed by atoms with Gasteiger partial charge in [0.2, 0.25) is 0 Å². The van der Waals surface area contributed by atoms with Gasteiger partial charge < -0.3 is 14.6 Å². The lowest BCUT2D eigenvalue weighted by atomic mass is 9.79. The minimum absolute atomic E-state index is 0.0181. The molecular formula is C14H19BrN2O2. The number of hydrogen-bond acceptors (Lipinski definition) is 3. The van der Waals surface area contributed by atoms with E-state index < -0.39 is 0 Å². The fourth-order valence-electron chi connectivity index (χ4n) is 3.41. The largest absolute Gasteiger partial charge is 0.457 e. The van der Waals surface area contributed by atoms with Crippen molar-refractivity contribution in [2.45, 2.75) is 37.6 Å². The maximum absolute atomic E-state index is 12.8. The van der Waals surface area contributed by atoms with Crippen LogP contribution >= 0.6 is 15.9 Å². The summed E-state index contributed by atoms with van der Waals surface area (Å²) in [6.45, 7) is 2.59. The molecule has 2 aliphatic rings. The third kappa shape index (κ3) is 2.34. The molecule has 0 radical (unpaired) electrons. The summed E-state index contributed by atoms with van der Waals surface area (Å²) in [5, 5.41) is 3.46. The highest BCUT2D eigenvalue weighted by molar-refractivity contribution is 9.10. The first-order chi connectivity index (χ1) is 9.23.